The summed E-state index contributed by atoms with van der Waals surface area (Å²) in [5.41, 5.74) is -0.332. The SMILES string of the molecule is CCC1(C)NC(CC(C)C)N(C(C2CC2)C2CC2)C1=O. The van der Waals surface area contributed by atoms with E-state index in [-0.39, 0.29) is 11.7 Å². The molecule has 2 atom stereocenters. The van der Waals surface area contributed by atoms with E-state index in [1.807, 2.05) is 0 Å². The lowest BCUT2D eigenvalue weighted by atomic mass is 9.97. The fourth-order valence-corrected chi connectivity index (χ4v) is 3.86. The highest BCUT2D eigenvalue weighted by Gasteiger charge is 2.55. The quantitative estimate of drug-likeness (QED) is 0.809. The Morgan fingerprint density at radius 2 is 1.80 bits per heavy atom. The van der Waals surface area contributed by atoms with Crippen LogP contribution in [0.5, 0.6) is 0 Å². The molecule has 0 radical (unpaired) electrons. The third-order valence-electron chi connectivity index (χ3n) is 5.46. The Labute approximate surface area is 123 Å². The second-order valence-corrected chi connectivity index (χ2v) is 7.85. The van der Waals surface area contributed by atoms with Crippen LogP contribution in [-0.2, 0) is 4.79 Å². The molecule has 20 heavy (non-hydrogen) atoms. The van der Waals surface area contributed by atoms with E-state index in [1.54, 1.807) is 0 Å². The van der Waals surface area contributed by atoms with Crippen LogP contribution < -0.4 is 5.32 Å². The van der Waals surface area contributed by atoms with Crippen molar-refractivity contribution >= 4 is 5.91 Å². The standard InChI is InChI=1S/C17H30N2O/c1-5-17(4)16(20)19(14(18-17)10-11(2)3)15(12-6-7-12)13-8-9-13/h11-15,18H,5-10H2,1-4H3. The number of carbonyl (C=O) groups excluding carboxylic acids is 1. The Bertz CT molecular complexity index is 374. The van der Waals surface area contributed by atoms with Crippen LogP contribution in [-0.4, -0.2) is 28.6 Å². The minimum absolute atomic E-state index is 0.263. The van der Waals surface area contributed by atoms with Crippen molar-refractivity contribution in [1.82, 2.24) is 10.2 Å². The summed E-state index contributed by atoms with van der Waals surface area (Å²) in [4.78, 5) is 15.3. The second-order valence-electron chi connectivity index (χ2n) is 7.85. The summed E-state index contributed by atoms with van der Waals surface area (Å²) in [5, 5.41) is 3.67. The minimum atomic E-state index is -0.332. The predicted octanol–water partition coefficient (Wildman–Crippen LogP) is 3.15. The summed E-state index contributed by atoms with van der Waals surface area (Å²) in [7, 11) is 0. The first-order chi connectivity index (χ1) is 9.46. The lowest BCUT2D eigenvalue weighted by Gasteiger charge is -2.34. The van der Waals surface area contributed by atoms with E-state index in [0.29, 0.717) is 17.9 Å². The van der Waals surface area contributed by atoms with Gasteiger partial charge in [0.1, 0.15) is 0 Å². The Balaban J connectivity index is 1.85. The summed E-state index contributed by atoms with van der Waals surface area (Å²) >= 11 is 0. The summed E-state index contributed by atoms with van der Waals surface area (Å²) in [6.45, 7) is 8.74. The highest BCUT2D eigenvalue weighted by Crippen LogP contribution is 2.49. The Kier molecular flexibility index (Phi) is 3.60. The first-order valence-electron chi connectivity index (χ1n) is 8.56. The lowest BCUT2D eigenvalue weighted by molar-refractivity contribution is -0.136. The molecule has 2 aliphatic carbocycles. The average molecular weight is 278 g/mol. The molecule has 0 bridgehead atoms. The van der Waals surface area contributed by atoms with Gasteiger partial charge < -0.3 is 4.90 Å². The molecular formula is C17H30N2O. The van der Waals surface area contributed by atoms with Crippen LogP contribution in [0.25, 0.3) is 0 Å². The molecule has 0 spiro atoms. The third-order valence-corrected chi connectivity index (χ3v) is 5.46. The molecule has 1 amide bonds. The van der Waals surface area contributed by atoms with Crippen LogP contribution in [0.15, 0.2) is 0 Å². The van der Waals surface area contributed by atoms with Gasteiger partial charge in [-0.2, -0.15) is 0 Å². The number of nitrogens with zero attached hydrogens (tertiary/aromatic N) is 1. The second kappa shape index (κ2) is 5.01. The van der Waals surface area contributed by atoms with Gasteiger partial charge in [0.2, 0.25) is 5.91 Å². The van der Waals surface area contributed by atoms with Gasteiger partial charge >= 0.3 is 0 Å². The van der Waals surface area contributed by atoms with Crippen LogP contribution in [0.1, 0.15) is 66.2 Å². The molecule has 0 aromatic heterocycles. The zero-order valence-corrected chi connectivity index (χ0v) is 13.5. The van der Waals surface area contributed by atoms with Crippen molar-refractivity contribution in [3.05, 3.63) is 0 Å². The number of hydrogen-bond donors (Lipinski definition) is 1. The molecule has 2 unspecified atom stereocenters. The maximum absolute atomic E-state index is 13.0. The molecular weight excluding hydrogens is 248 g/mol. The molecule has 2 saturated carbocycles. The first-order valence-corrected chi connectivity index (χ1v) is 8.56. The molecule has 0 aromatic rings. The predicted molar refractivity (Wildman–Crippen MR) is 81.2 cm³/mol. The van der Waals surface area contributed by atoms with Gasteiger partial charge in [0, 0.05) is 6.04 Å². The number of nitrogens with one attached hydrogen (secondary N) is 1. The van der Waals surface area contributed by atoms with Crippen molar-refractivity contribution in [3.63, 3.8) is 0 Å². The highest BCUT2D eigenvalue weighted by molar-refractivity contribution is 5.88. The number of hydrogen-bond acceptors (Lipinski definition) is 2. The summed E-state index contributed by atoms with van der Waals surface area (Å²) in [5.74, 6) is 2.58. The smallest absolute Gasteiger partial charge is 0.244 e. The Morgan fingerprint density at radius 3 is 2.20 bits per heavy atom. The largest absolute Gasteiger partial charge is 0.322 e. The molecule has 3 fully saturated rings. The van der Waals surface area contributed by atoms with Gasteiger partial charge in [-0.15, -0.1) is 0 Å². The van der Waals surface area contributed by atoms with Gasteiger partial charge in [-0.05, 0) is 63.2 Å². The van der Waals surface area contributed by atoms with Gasteiger partial charge in [-0.1, -0.05) is 20.8 Å². The first kappa shape index (κ1) is 14.4. The Morgan fingerprint density at radius 1 is 1.25 bits per heavy atom. The van der Waals surface area contributed by atoms with Crippen LogP contribution in [0.3, 0.4) is 0 Å². The zero-order chi connectivity index (χ0) is 14.5. The van der Waals surface area contributed by atoms with Crippen molar-refractivity contribution in [2.24, 2.45) is 17.8 Å². The van der Waals surface area contributed by atoms with Gasteiger partial charge in [0.15, 0.2) is 0 Å². The van der Waals surface area contributed by atoms with Gasteiger partial charge in [-0.25, -0.2) is 0 Å². The molecule has 114 valence electrons. The summed E-state index contributed by atoms with van der Waals surface area (Å²) in [6.07, 6.45) is 7.57. The van der Waals surface area contributed by atoms with Crippen molar-refractivity contribution in [3.8, 4) is 0 Å². The molecule has 1 N–H and O–H groups in total. The van der Waals surface area contributed by atoms with Crippen LogP contribution >= 0.6 is 0 Å². The summed E-state index contributed by atoms with van der Waals surface area (Å²) in [6, 6.07) is 0.534. The van der Waals surface area contributed by atoms with E-state index in [9.17, 15) is 4.79 Å². The van der Waals surface area contributed by atoms with Gasteiger partial charge in [0.05, 0.1) is 11.7 Å². The van der Waals surface area contributed by atoms with E-state index >= 15 is 0 Å². The lowest BCUT2D eigenvalue weighted by Crippen LogP contribution is -2.47. The van der Waals surface area contributed by atoms with Gasteiger partial charge in [-0.3, -0.25) is 10.1 Å². The average Bonchev–Trinajstić information content (AvgIpc) is 3.26. The van der Waals surface area contributed by atoms with Crippen molar-refractivity contribution < 1.29 is 4.79 Å². The molecule has 1 aliphatic heterocycles. The number of carbonyl (C=O) groups is 1. The molecule has 3 aliphatic rings. The van der Waals surface area contributed by atoms with E-state index in [2.05, 4.69) is 37.9 Å². The normalized spacial score (nSPS) is 34.6. The van der Waals surface area contributed by atoms with Crippen molar-refractivity contribution in [2.45, 2.75) is 84.0 Å². The van der Waals surface area contributed by atoms with Crippen molar-refractivity contribution in [2.75, 3.05) is 0 Å². The molecule has 0 aromatic carbocycles. The zero-order valence-electron chi connectivity index (χ0n) is 13.5. The Hall–Kier alpha value is -0.570. The molecule has 3 heteroatoms. The van der Waals surface area contributed by atoms with Crippen molar-refractivity contribution in [1.29, 1.82) is 0 Å². The topological polar surface area (TPSA) is 32.3 Å². The molecule has 1 saturated heterocycles. The minimum Gasteiger partial charge on any atom is -0.322 e. The maximum atomic E-state index is 13.0. The van der Waals surface area contributed by atoms with E-state index in [1.165, 1.54) is 25.7 Å². The van der Waals surface area contributed by atoms with Crippen LogP contribution in [0.2, 0.25) is 0 Å². The molecule has 3 rings (SSSR count). The fraction of sp³-hybridized carbons (Fsp3) is 0.941. The van der Waals surface area contributed by atoms with E-state index in [0.717, 1.165) is 24.7 Å². The molecule has 3 nitrogen and oxygen atoms in total. The highest BCUT2D eigenvalue weighted by atomic mass is 16.2. The monoisotopic (exact) mass is 278 g/mol. The maximum Gasteiger partial charge on any atom is 0.244 e. The van der Waals surface area contributed by atoms with Crippen LogP contribution in [0, 0.1) is 17.8 Å². The molecule has 1 heterocycles. The number of rotatable bonds is 6. The van der Waals surface area contributed by atoms with E-state index in [4.69, 9.17) is 0 Å². The number of amides is 1. The van der Waals surface area contributed by atoms with Crippen LogP contribution in [0.4, 0.5) is 0 Å². The van der Waals surface area contributed by atoms with E-state index < -0.39 is 0 Å². The summed E-state index contributed by atoms with van der Waals surface area (Å²) < 4.78 is 0. The fourth-order valence-electron chi connectivity index (χ4n) is 3.86. The third kappa shape index (κ3) is 2.49. The van der Waals surface area contributed by atoms with Gasteiger partial charge in [0.25, 0.3) is 0 Å².